The van der Waals surface area contributed by atoms with E-state index in [-0.39, 0.29) is 11.7 Å². The molecule has 4 rings (SSSR count). The highest BCUT2D eigenvalue weighted by Gasteiger charge is 2.19. The van der Waals surface area contributed by atoms with Gasteiger partial charge < -0.3 is 15.0 Å². The molecule has 7 heteroatoms. The van der Waals surface area contributed by atoms with E-state index in [2.05, 4.69) is 10.4 Å². The number of likely N-dealkylation sites (tertiary alicyclic amines) is 1. The van der Waals surface area contributed by atoms with Crippen LogP contribution < -0.4 is 15.0 Å². The molecule has 1 amide bonds. The van der Waals surface area contributed by atoms with Gasteiger partial charge in [0.05, 0.1) is 44.7 Å². The fraction of sp³-hybridized carbons (Fsp3) is 0.333. The lowest BCUT2D eigenvalue weighted by molar-refractivity contribution is -0.903. The van der Waals surface area contributed by atoms with Crippen molar-refractivity contribution >= 4 is 5.91 Å². The van der Waals surface area contributed by atoms with Gasteiger partial charge in [-0.15, -0.1) is 0 Å². The number of amides is 1. The number of hydrogen-bond acceptors (Lipinski definition) is 3. The van der Waals surface area contributed by atoms with Gasteiger partial charge in [0, 0.05) is 5.56 Å². The number of methoxy groups -OCH3 is 1. The molecule has 0 spiro atoms. The summed E-state index contributed by atoms with van der Waals surface area (Å²) in [5.41, 5.74) is 2.53. The molecule has 1 aliphatic heterocycles. The van der Waals surface area contributed by atoms with Crippen LogP contribution in [0.4, 0.5) is 4.39 Å². The predicted molar refractivity (Wildman–Crippen MR) is 117 cm³/mol. The highest BCUT2D eigenvalue weighted by Crippen LogP contribution is 2.25. The quantitative estimate of drug-likeness (QED) is 0.614. The zero-order chi connectivity index (χ0) is 21.6. The summed E-state index contributed by atoms with van der Waals surface area (Å²) in [7, 11) is 1.61. The van der Waals surface area contributed by atoms with E-state index in [0.717, 1.165) is 12.1 Å². The van der Waals surface area contributed by atoms with Crippen LogP contribution in [0, 0.1) is 5.82 Å². The molecule has 2 aromatic carbocycles. The number of halogens is 1. The van der Waals surface area contributed by atoms with Crippen LogP contribution in [-0.2, 0) is 0 Å². The average molecular weight is 424 g/mol. The largest absolute Gasteiger partial charge is 0.497 e. The van der Waals surface area contributed by atoms with E-state index in [1.807, 2.05) is 24.3 Å². The van der Waals surface area contributed by atoms with E-state index in [1.165, 1.54) is 49.4 Å². The molecule has 0 aliphatic carbocycles. The molecule has 0 saturated carbocycles. The fourth-order valence-electron chi connectivity index (χ4n) is 3.99. The summed E-state index contributed by atoms with van der Waals surface area (Å²) in [4.78, 5) is 14.6. The maximum Gasteiger partial charge on any atom is 0.270 e. The van der Waals surface area contributed by atoms with Crippen LogP contribution in [0.25, 0.3) is 16.9 Å². The monoisotopic (exact) mass is 423 g/mol. The number of ether oxygens (including phenoxy) is 1. The first-order valence-corrected chi connectivity index (χ1v) is 10.8. The molecular formula is C24H28FN4O2+. The lowest BCUT2D eigenvalue weighted by Gasteiger charge is -2.23. The summed E-state index contributed by atoms with van der Waals surface area (Å²) in [5.74, 6) is 0.186. The molecule has 3 aromatic rings. The van der Waals surface area contributed by atoms with Gasteiger partial charge in [0.1, 0.15) is 17.3 Å². The third-order valence-electron chi connectivity index (χ3n) is 5.70. The van der Waals surface area contributed by atoms with Crippen molar-refractivity contribution in [1.82, 2.24) is 15.1 Å². The third-order valence-corrected chi connectivity index (χ3v) is 5.70. The van der Waals surface area contributed by atoms with Crippen LogP contribution in [0.2, 0.25) is 0 Å². The number of hydrogen-bond donors (Lipinski definition) is 2. The molecule has 0 bridgehead atoms. The van der Waals surface area contributed by atoms with Gasteiger partial charge in [0.15, 0.2) is 0 Å². The van der Waals surface area contributed by atoms with Crippen molar-refractivity contribution in [1.29, 1.82) is 0 Å². The number of carbonyl (C=O) groups excluding carboxylic acids is 1. The minimum Gasteiger partial charge on any atom is -0.497 e. The normalized spacial score (nSPS) is 14.4. The summed E-state index contributed by atoms with van der Waals surface area (Å²) in [6.07, 6.45) is 3.81. The second-order valence-electron chi connectivity index (χ2n) is 7.85. The van der Waals surface area contributed by atoms with Crippen LogP contribution in [0.1, 0.15) is 29.8 Å². The van der Waals surface area contributed by atoms with Gasteiger partial charge in [-0.3, -0.25) is 4.79 Å². The Morgan fingerprint density at radius 1 is 1.13 bits per heavy atom. The first kappa shape index (κ1) is 21.1. The number of nitrogens with one attached hydrogen (secondary N) is 2. The number of carbonyl (C=O) groups is 1. The number of aromatic nitrogens is 2. The van der Waals surface area contributed by atoms with Crippen LogP contribution in [0.15, 0.2) is 54.6 Å². The Balaban J connectivity index is 1.58. The molecule has 0 radical (unpaired) electrons. The van der Waals surface area contributed by atoms with E-state index < -0.39 is 0 Å². The Kier molecular flexibility index (Phi) is 6.62. The molecule has 1 saturated heterocycles. The van der Waals surface area contributed by atoms with Gasteiger partial charge >= 0.3 is 0 Å². The standard InChI is InChI=1S/C24H27FN4O2/c1-31-21-7-5-6-18(16-21)22-17-23(29(27-22)20-10-8-19(25)9-11-20)24(30)26-12-15-28-13-3-2-4-14-28/h5-11,16-17H,2-4,12-15H2,1H3,(H,26,30)/p+1. The summed E-state index contributed by atoms with van der Waals surface area (Å²) < 4.78 is 20.3. The molecule has 162 valence electrons. The fourth-order valence-corrected chi connectivity index (χ4v) is 3.99. The number of piperidine rings is 1. The molecule has 0 unspecified atom stereocenters. The molecule has 0 atom stereocenters. The summed E-state index contributed by atoms with van der Waals surface area (Å²) in [6, 6.07) is 15.3. The zero-order valence-corrected chi connectivity index (χ0v) is 17.7. The topological polar surface area (TPSA) is 60.6 Å². The number of nitrogens with zero attached hydrogens (tertiary/aromatic N) is 2. The Bertz CT molecular complexity index is 1030. The third kappa shape index (κ3) is 5.11. The van der Waals surface area contributed by atoms with Crippen molar-refractivity contribution in [3.8, 4) is 22.7 Å². The molecule has 6 nitrogen and oxygen atoms in total. The van der Waals surface area contributed by atoms with Crippen molar-refractivity contribution in [3.63, 3.8) is 0 Å². The smallest absolute Gasteiger partial charge is 0.270 e. The number of rotatable bonds is 7. The average Bonchev–Trinajstić information content (AvgIpc) is 3.26. The first-order chi connectivity index (χ1) is 15.1. The van der Waals surface area contributed by atoms with Gasteiger partial charge in [0.2, 0.25) is 0 Å². The van der Waals surface area contributed by atoms with E-state index in [1.54, 1.807) is 30.0 Å². The predicted octanol–water partition coefficient (Wildman–Crippen LogP) is 2.49. The van der Waals surface area contributed by atoms with Gasteiger partial charge in [-0.05, 0) is 61.7 Å². The van der Waals surface area contributed by atoms with Crippen LogP contribution in [0.5, 0.6) is 5.75 Å². The van der Waals surface area contributed by atoms with Gasteiger partial charge in [-0.25, -0.2) is 9.07 Å². The molecular weight excluding hydrogens is 395 g/mol. The second-order valence-corrected chi connectivity index (χ2v) is 7.85. The molecule has 31 heavy (non-hydrogen) atoms. The Morgan fingerprint density at radius 3 is 2.65 bits per heavy atom. The van der Waals surface area contributed by atoms with Crippen molar-refractivity contribution in [2.75, 3.05) is 33.3 Å². The lowest BCUT2D eigenvalue weighted by atomic mass is 10.1. The highest BCUT2D eigenvalue weighted by atomic mass is 19.1. The highest BCUT2D eigenvalue weighted by molar-refractivity contribution is 5.94. The van der Waals surface area contributed by atoms with Crippen molar-refractivity contribution in [2.45, 2.75) is 19.3 Å². The van der Waals surface area contributed by atoms with Crippen molar-refractivity contribution in [3.05, 3.63) is 66.1 Å². The first-order valence-electron chi connectivity index (χ1n) is 10.8. The maximum atomic E-state index is 13.4. The van der Waals surface area contributed by atoms with Crippen LogP contribution in [0.3, 0.4) is 0 Å². The molecule has 1 aromatic heterocycles. The van der Waals surface area contributed by atoms with E-state index in [9.17, 15) is 9.18 Å². The van der Waals surface area contributed by atoms with E-state index in [0.29, 0.717) is 29.4 Å². The molecule has 2 heterocycles. The Hall–Kier alpha value is -3.19. The SMILES string of the molecule is COc1cccc(-c2cc(C(=O)NCC[NH+]3CCCCC3)n(-c3ccc(F)cc3)n2)c1. The summed E-state index contributed by atoms with van der Waals surface area (Å²) in [5, 5.41) is 7.68. The lowest BCUT2D eigenvalue weighted by Crippen LogP contribution is -3.13. The van der Waals surface area contributed by atoms with E-state index in [4.69, 9.17) is 4.74 Å². The van der Waals surface area contributed by atoms with Gasteiger partial charge in [-0.1, -0.05) is 12.1 Å². The van der Waals surface area contributed by atoms with Gasteiger partial charge in [-0.2, -0.15) is 5.10 Å². The molecule has 1 fully saturated rings. The maximum absolute atomic E-state index is 13.4. The van der Waals surface area contributed by atoms with E-state index >= 15 is 0 Å². The second kappa shape index (κ2) is 9.75. The summed E-state index contributed by atoms with van der Waals surface area (Å²) in [6.45, 7) is 3.86. The van der Waals surface area contributed by atoms with Crippen LogP contribution >= 0.6 is 0 Å². The minimum atomic E-state index is -0.334. The minimum absolute atomic E-state index is 0.192. The van der Waals surface area contributed by atoms with Crippen molar-refractivity contribution in [2.24, 2.45) is 0 Å². The summed E-state index contributed by atoms with van der Waals surface area (Å²) >= 11 is 0. The number of benzene rings is 2. The Labute approximate surface area is 181 Å². The number of quaternary nitrogens is 1. The Morgan fingerprint density at radius 2 is 1.90 bits per heavy atom. The van der Waals surface area contributed by atoms with Crippen molar-refractivity contribution < 1.29 is 18.8 Å². The zero-order valence-electron chi connectivity index (χ0n) is 17.7. The molecule has 1 aliphatic rings. The molecule has 2 N–H and O–H groups in total. The van der Waals surface area contributed by atoms with Gasteiger partial charge in [0.25, 0.3) is 5.91 Å². The van der Waals surface area contributed by atoms with Crippen LogP contribution in [-0.4, -0.2) is 49.0 Å².